The molecule has 0 radical (unpaired) electrons. The summed E-state index contributed by atoms with van der Waals surface area (Å²) in [5, 5.41) is 0. The van der Waals surface area contributed by atoms with E-state index in [1.807, 2.05) is 19.1 Å². The van der Waals surface area contributed by atoms with E-state index in [4.69, 9.17) is 5.73 Å². The highest BCUT2D eigenvalue weighted by atomic mass is 35.5. The highest BCUT2D eigenvalue weighted by Gasteiger charge is 2.28. The zero-order valence-corrected chi connectivity index (χ0v) is 12.0. The summed E-state index contributed by atoms with van der Waals surface area (Å²) < 4.78 is 26.1. The van der Waals surface area contributed by atoms with Crippen LogP contribution in [-0.4, -0.2) is 31.9 Å². The molecule has 0 unspecified atom stereocenters. The predicted molar refractivity (Wildman–Crippen MR) is 74.4 cm³/mol. The molecular weight excluding hydrogens is 272 g/mol. The first-order valence-electron chi connectivity index (χ1n) is 5.82. The number of halogens is 1. The molecule has 4 nitrogen and oxygen atoms in total. The third-order valence-electron chi connectivity index (χ3n) is 3.08. The number of piperidine rings is 1. The Morgan fingerprint density at radius 1 is 1.28 bits per heavy atom. The zero-order valence-electron chi connectivity index (χ0n) is 10.4. The van der Waals surface area contributed by atoms with Gasteiger partial charge in [0.15, 0.2) is 0 Å². The Labute approximate surface area is 115 Å². The minimum atomic E-state index is -3.36. The fourth-order valence-electron chi connectivity index (χ4n) is 2.05. The van der Waals surface area contributed by atoms with E-state index in [9.17, 15) is 8.42 Å². The minimum Gasteiger partial charge on any atom is -0.327 e. The Balaban J connectivity index is 0.00000162. The van der Waals surface area contributed by atoms with E-state index in [2.05, 4.69) is 0 Å². The minimum absolute atomic E-state index is 0. The van der Waals surface area contributed by atoms with Gasteiger partial charge in [-0.3, -0.25) is 0 Å². The van der Waals surface area contributed by atoms with Crippen LogP contribution in [-0.2, 0) is 10.0 Å². The maximum absolute atomic E-state index is 12.3. The Kier molecular flexibility index (Phi) is 5.16. The van der Waals surface area contributed by atoms with Gasteiger partial charge in [0.25, 0.3) is 0 Å². The number of nitrogens with zero attached hydrogens (tertiary/aromatic N) is 1. The Morgan fingerprint density at radius 3 is 2.44 bits per heavy atom. The summed E-state index contributed by atoms with van der Waals surface area (Å²) in [4.78, 5) is 0.359. The van der Waals surface area contributed by atoms with E-state index in [1.54, 1.807) is 12.1 Å². The van der Waals surface area contributed by atoms with E-state index in [0.29, 0.717) is 18.0 Å². The number of benzene rings is 1. The second-order valence-corrected chi connectivity index (χ2v) is 6.52. The van der Waals surface area contributed by atoms with Crippen molar-refractivity contribution in [2.45, 2.75) is 30.7 Å². The van der Waals surface area contributed by atoms with Crippen molar-refractivity contribution >= 4 is 22.4 Å². The second kappa shape index (κ2) is 6.02. The van der Waals surface area contributed by atoms with E-state index >= 15 is 0 Å². The number of rotatable bonds is 2. The quantitative estimate of drug-likeness (QED) is 0.898. The summed E-state index contributed by atoms with van der Waals surface area (Å²) in [7, 11) is -3.36. The van der Waals surface area contributed by atoms with E-state index in [0.717, 1.165) is 18.4 Å². The summed E-state index contributed by atoms with van der Waals surface area (Å²) in [6.45, 7) is 2.94. The van der Waals surface area contributed by atoms with Gasteiger partial charge in [-0.15, -0.1) is 12.4 Å². The number of nitrogens with two attached hydrogens (primary N) is 1. The lowest BCUT2D eigenvalue weighted by Crippen LogP contribution is -2.45. The summed E-state index contributed by atoms with van der Waals surface area (Å²) in [5.74, 6) is 0. The van der Waals surface area contributed by atoms with Crippen LogP contribution in [0.1, 0.15) is 18.4 Å². The molecule has 0 spiro atoms. The van der Waals surface area contributed by atoms with Crippen molar-refractivity contribution in [2.75, 3.05) is 13.1 Å². The van der Waals surface area contributed by atoms with Gasteiger partial charge in [-0.2, -0.15) is 4.31 Å². The van der Waals surface area contributed by atoms with Crippen molar-refractivity contribution in [3.05, 3.63) is 29.8 Å². The summed E-state index contributed by atoms with van der Waals surface area (Å²) in [5.41, 5.74) is 6.87. The van der Waals surface area contributed by atoms with Gasteiger partial charge in [-0.1, -0.05) is 17.7 Å². The third-order valence-corrected chi connectivity index (χ3v) is 4.96. The Morgan fingerprint density at radius 2 is 1.89 bits per heavy atom. The van der Waals surface area contributed by atoms with Crippen LogP contribution in [0.5, 0.6) is 0 Å². The Bertz CT molecular complexity index is 487. The molecule has 0 bridgehead atoms. The molecule has 1 aromatic carbocycles. The van der Waals surface area contributed by atoms with Crippen molar-refractivity contribution < 1.29 is 8.42 Å². The molecule has 1 fully saturated rings. The Hall–Kier alpha value is -0.620. The average molecular weight is 291 g/mol. The summed E-state index contributed by atoms with van der Waals surface area (Å²) >= 11 is 0. The molecule has 102 valence electrons. The summed E-state index contributed by atoms with van der Waals surface area (Å²) in [6.07, 6.45) is 1.74. The number of hydrogen-bond donors (Lipinski definition) is 1. The third kappa shape index (κ3) is 3.23. The van der Waals surface area contributed by atoms with Crippen LogP contribution in [0.25, 0.3) is 0 Å². The molecule has 0 saturated carbocycles. The van der Waals surface area contributed by atoms with Gasteiger partial charge >= 0.3 is 0 Å². The first-order valence-corrected chi connectivity index (χ1v) is 7.26. The molecule has 1 atom stereocenters. The van der Waals surface area contributed by atoms with Gasteiger partial charge < -0.3 is 5.73 Å². The van der Waals surface area contributed by atoms with Crippen LogP contribution in [0.4, 0.5) is 0 Å². The smallest absolute Gasteiger partial charge is 0.243 e. The number of sulfonamides is 1. The summed E-state index contributed by atoms with van der Waals surface area (Å²) in [6, 6.07) is 6.91. The van der Waals surface area contributed by atoms with Gasteiger partial charge in [-0.05, 0) is 31.9 Å². The molecule has 2 rings (SSSR count). The molecule has 1 aliphatic heterocycles. The van der Waals surface area contributed by atoms with Gasteiger partial charge in [0, 0.05) is 19.1 Å². The van der Waals surface area contributed by atoms with Gasteiger partial charge in [0.2, 0.25) is 10.0 Å². The van der Waals surface area contributed by atoms with Crippen LogP contribution in [0.3, 0.4) is 0 Å². The second-order valence-electron chi connectivity index (χ2n) is 4.58. The van der Waals surface area contributed by atoms with Crippen LogP contribution in [0, 0.1) is 6.92 Å². The highest BCUT2D eigenvalue weighted by Crippen LogP contribution is 2.20. The molecule has 0 aliphatic carbocycles. The largest absolute Gasteiger partial charge is 0.327 e. The van der Waals surface area contributed by atoms with E-state index in [-0.39, 0.29) is 18.4 Å². The van der Waals surface area contributed by atoms with Crippen molar-refractivity contribution in [1.29, 1.82) is 0 Å². The molecule has 1 aliphatic rings. The van der Waals surface area contributed by atoms with Crippen LogP contribution < -0.4 is 5.73 Å². The lowest BCUT2D eigenvalue weighted by atomic mass is 10.1. The lowest BCUT2D eigenvalue weighted by Gasteiger charge is -2.29. The maximum Gasteiger partial charge on any atom is 0.243 e. The molecule has 18 heavy (non-hydrogen) atoms. The first kappa shape index (κ1) is 15.4. The van der Waals surface area contributed by atoms with Crippen molar-refractivity contribution in [3.8, 4) is 0 Å². The standard InChI is InChI=1S/C12H18N2O2S.ClH/c1-10-4-6-12(7-5-10)17(15,16)14-8-2-3-11(13)9-14;/h4-7,11H,2-3,8-9,13H2,1H3;1H/t11-;/m1./s1. The molecular formula is C12H19ClN2O2S. The normalized spacial score (nSPS) is 21.3. The molecule has 1 aromatic rings. The fraction of sp³-hybridized carbons (Fsp3) is 0.500. The van der Waals surface area contributed by atoms with Crippen LogP contribution in [0.2, 0.25) is 0 Å². The van der Waals surface area contributed by atoms with Gasteiger partial charge in [0.1, 0.15) is 0 Å². The molecule has 0 aromatic heterocycles. The van der Waals surface area contributed by atoms with Crippen molar-refractivity contribution in [2.24, 2.45) is 5.73 Å². The van der Waals surface area contributed by atoms with E-state index in [1.165, 1.54) is 4.31 Å². The monoisotopic (exact) mass is 290 g/mol. The van der Waals surface area contributed by atoms with E-state index < -0.39 is 10.0 Å². The van der Waals surface area contributed by atoms with Gasteiger partial charge in [-0.25, -0.2) is 8.42 Å². The lowest BCUT2D eigenvalue weighted by molar-refractivity contribution is 0.316. The molecule has 0 amide bonds. The molecule has 1 saturated heterocycles. The predicted octanol–water partition coefficient (Wildman–Crippen LogP) is 1.53. The molecule has 1 heterocycles. The van der Waals surface area contributed by atoms with Crippen molar-refractivity contribution in [3.63, 3.8) is 0 Å². The average Bonchev–Trinajstić information content (AvgIpc) is 2.29. The molecule has 6 heteroatoms. The number of hydrogen-bond acceptors (Lipinski definition) is 3. The van der Waals surface area contributed by atoms with Crippen LogP contribution in [0.15, 0.2) is 29.2 Å². The SMILES string of the molecule is Cc1ccc(S(=O)(=O)N2CCC[C@@H](N)C2)cc1.Cl. The van der Waals surface area contributed by atoms with Crippen molar-refractivity contribution in [1.82, 2.24) is 4.31 Å². The first-order chi connectivity index (χ1) is 8.00. The highest BCUT2D eigenvalue weighted by molar-refractivity contribution is 7.89. The topological polar surface area (TPSA) is 63.4 Å². The maximum atomic E-state index is 12.3. The van der Waals surface area contributed by atoms with Gasteiger partial charge in [0.05, 0.1) is 4.90 Å². The fourth-order valence-corrected chi connectivity index (χ4v) is 3.59. The number of aryl methyl sites for hydroxylation is 1. The van der Waals surface area contributed by atoms with Crippen LogP contribution >= 0.6 is 12.4 Å². The molecule has 2 N–H and O–H groups in total. The zero-order chi connectivity index (χ0) is 12.5.